The SMILES string of the molecule is C=C(C)C(=O)OC(CCCC)c1nc2ccccc2[nH]1. The van der Waals surface area contributed by atoms with Crippen LogP contribution in [0.2, 0.25) is 0 Å². The fourth-order valence-electron chi connectivity index (χ4n) is 2.00. The third kappa shape index (κ3) is 3.26. The molecule has 2 rings (SSSR count). The van der Waals surface area contributed by atoms with E-state index in [1.54, 1.807) is 6.92 Å². The van der Waals surface area contributed by atoms with Gasteiger partial charge in [0.15, 0.2) is 6.10 Å². The van der Waals surface area contributed by atoms with E-state index in [1.807, 2.05) is 24.3 Å². The van der Waals surface area contributed by atoms with Gasteiger partial charge in [-0.25, -0.2) is 9.78 Å². The zero-order chi connectivity index (χ0) is 14.5. The highest BCUT2D eigenvalue weighted by atomic mass is 16.5. The van der Waals surface area contributed by atoms with Gasteiger partial charge >= 0.3 is 5.97 Å². The molecule has 4 nitrogen and oxygen atoms in total. The zero-order valence-corrected chi connectivity index (χ0v) is 12.0. The normalized spacial score (nSPS) is 12.3. The molecule has 2 aromatic rings. The fourth-order valence-corrected chi connectivity index (χ4v) is 2.00. The lowest BCUT2D eigenvalue weighted by Gasteiger charge is -2.15. The number of aromatic nitrogens is 2. The van der Waals surface area contributed by atoms with Crippen molar-refractivity contribution >= 4 is 17.0 Å². The molecule has 1 N–H and O–H groups in total. The van der Waals surface area contributed by atoms with Gasteiger partial charge in [-0.15, -0.1) is 0 Å². The Labute approximate surface area is 118 Å². The van der Waals surface area contributed by atoms with Gasteiger partial charge in [0.2, 0.25) is 0 Å². The molecule has 1 atom stereocenters. The standard InChI is InChI=1S/C16H20N2O2/c1-4-5-10-14(20-16(19)11(2)3)15-17-12-8-6-7-9-13(12)18-15/h6-9,14H,2,4-5,10H2,1,3H3,(H,17,18). The molecule has 106 valence electrons. The molecule has 1 heterocycles. The number of esters is 1. The summed E-state index contributed by atoms with van der Waals surface area (Å²) in [4.78, 5) is 19.5. The van der Waals surface area contributed by atoms with Crippen molar-refractivity contribution in [3.05, 3.63) is 42.2 Å². The molecular formula is C16H20N2O2. The Bertz CT molecular complexity index is 583. The molecule has 0 saturated heterocycles. The lowest BCUT2D eigenvalue weighted by atomic mass is 10.1. The summed E-state index contributed by atoms with van der Waals surface area (Å²) in [7, 11) is 0. The van der Waals surface area contributed by atoms with Crippen molar-refractivity contribution in [1.29, 1.82) is 0 Å². The number of rotatable bonds is 6. The van der Waals surface area contributed by atoms with Crippen LogP contribution >= 0.6 is 0 Å². The van der Waals surface area contributed by atoms with Gasteiger partial charge in [0.05, 0.1) is 11.0 Å². The van der Waals surface area contributed by atoms with Crippen LogP contribution in [0.3, 0.4) is 0 Å². The minimum Gasteiger partial charge on any atom is -0.451 e. The van der Waals surface area contributed by atoms with Gasteiger partial charge in [-0.3, -0.25) is 0 Å². The third-order valence-electron chi connectivity index (χ3n) is 3.13. The number of nitrogens with one attached hydrogen (secondary N) is 1. The minimum absolute atomic E-state index is 0.341. The van der Waals surface area contributed by atoms with Crippen molar-refractivity contribution in [2.45, 2.75) is 39.2 Å². The lowest BCUT2D eigenvalue weighted by molar-refractivity contribution is -0.145. The van der Waals surface area contributed by atoms with Crippen molar-refractivity contribution in [2.24, 2.45) is 0 Å². The number of H-pyrrole nitrogens is 1. The number of imidazole rings is 1. The number of hydrogen-bond donors (Lipinski definition) is 1. The molecule has 0 aliphatic carbocycles. The van der Waals surface area contributed by atoms with Crippen LogP contribution in [0.15, 0.2) is 36.4 Å². The van der Waals surface area contributed by atoms with E-state index in [-0.39, 0.29) is 12.1 Å². The van der Waals surface area contributed by atoms with Gasteiger partial charge in [0.1, 0.15) is 5.82 Å². The molecule has 1 unspecified atom stereocenters. The molecule has 0 saturated carbocycles. The van der Waals surface area contributed by atoms with Crippen molar-refractivity contribution in [1.82, 2.24) is 9.97 Å². The van der Waals surface area contributed by atoms with Crippen LogP contribution in [0.1, 0.15) is 45.0 Å². The van der Waals surface area contributed by atoms with Crippen LogP contribution in [0.25, 0.3) is 11.0 Å². The van der Waals surface area contributed by atoms with Gasteiger partial charge in [-0.1, -0.05) is 32.1 Å². The highest BCUT2D eigenvalue weighted by Gasteiger charge is 2.20. The Morgan fingerprint density at radius 1 is 1.45 bits per heavy atom. The molecular weight excluding hydrogens is 252 g/mol. The highest BCUT2D eigenvalue weighted by Crippen LogP contribution is 2.24. The van der Waals surface area contributed by atoms with Gasteiger partial charge in [0, 0.05) is 5.57 Å². The number of carbonyl (C=O) groups excluding carboxylic acids is 1. The van der Waals surface area contributed by atoms with Crippen LogP contribution in [-0.2, 0) is 9.53 Å². The first-order chi connectivity index (χ1) is 9.61. The van der Waals surface area contributed by atoms with Crippen molar-refractivity contribution in [3.8, 4) is 0 Å². The number of hydrogen-bond acceptors (Lipinski definition) is 3. The maximum atomic E-state index is 11.7. The monoisotopic (exact) mass is 272 g/mol. The molecule has 0 aliphatic heterocycles. The van der Waals surface area contributed by atoms with E-state index in [0.29, 0.717) is 11.4 Å². The van der Waals surface area contributed by atoms with Gasteiger partial charge in [0.25, 0.3) is 0 Å². The molecule has 1 aromatic heterocycles. The Hall–Kier alpha value is -2.10. The number of benzene rings is 1. The molecule has 20 heavy (non-hydrogen) atoms. The average Bonchev–Trinajstić information content (AvgIpc) is 2.86. The summed E-state index contributed by atoms with van der Waals surface area (Å²) in [6, 6.07) is 7.79. The van der Waals surface area contributed by atoms with E-state index in [1.165, 1.54) is 0 Å². The van der Waals surface area contributed by atoms with E-state index in [0.717, 1.165) is 30.3 Å². The number of ether oxygens (including phenoxy) is 1. The predicted octanol–water partition coefficient (Wildman–Crippen LogP) is 3.91. The summed E-state index contributed by atoms with van der Waals surface area (Å²) in [5, 5.41) is 0. The Morgan fingerprint density at radius 3 is 2.85 bits per heavy atom. The second-order valence-electron chi connectivity index (χ2n) is 4.96. The highest BCUT2D eigenvalue weighted by molar-refractivity contribution is 5.87. The minimum atomic E-state index is -0.369. The Balaban J connectivity index is 2.24. The summed E-state index contributed by atoms with van der Waals surface area (Å²) in [6.45, 7) is 7.38. The zero-order valence-electron chi connectivity index (χ0n) is 12.0. The van der Waals surface area contributed by atoms with Crippen molar-refractivity contribution in [2.75, 3.05) is 0 Å². The number of aromatic amines is 1. The Morgan fingerprint density at radius 2 is 2.20 bits per heavy atom. The largest absolute Gasteiger partial charge is 0.451 e. The first kappa shape index (κ1) is 14.3. The van der Waals surface area contributed by atoms with Crippen LogP contribution < -0.4 is 0 Å². The summed E-state index contributed by atoms with van der Waals surface area (Å²) >= 11 is 0. The molecule has 0 aliphatic rings. The van der Waals surface area contributed by atoms with Gasteiger partial charge in [-0.05, 0) is 31.9 Å². The summed E-state index contributed by atoms with van der Waals surface area (Å²) in [6.07, 6.45) is 2.44. The predicted molar refractivity (Wildman–Crippen MR) is 79.3 cm³/mol. The number of nitrogens with zero attached hydrogens (tertiary/aromatic N) is 1. The second kappa shape index (κ2) is 6.37. The summed E-state index contributed by atoms with van der Waals surface area (Å²) in [5.74, 6) is 0.334. The molecule has 4 heteroatoms. The first-order valence-corrected chi connectivity index (χ1v) is 6.93. The number of fused-ring (bicyclic) bond motifs is 1. The Kier molecular flexibility index (Phi) is 4.56. The van der Waals surface area contributed by atoms with Crippen LogP contribution in [0.5, 0.6) is 0 Å². The molecule has 0 spiro atoms. The van der Waals surface area contributed by atoms with Crippen LogP contribution in [-0.4, -0.2) is 15.9 Å². The molecule has 0 radical (unpaired) electrons. The molecule has 0 bridgehead atoms. The molecule has 0 amide bonds. The van der Waals surface area contributed by atoms with E-state index in [9.17, 15) is 4.79 Å². The quantitative estimate of drug-likeness (QED) is 0.640. The lowest BCUT2D eigenvalue weighted by Crippen LogP contribution is -2.13. The number of carbonyl (C=O) groups is 1. The third-order valence-corrected chi connectivity index (χ3v) is 3.13. The van der Waals surface area contributed by atoms with Crippen LogP contribution in [0.4, 0.5) is 0 Å². The average molecular weight is 272 g/mol. The molecule has 1 aromatic carbocycles. The first-order valence-electron chi connectivity index (χ1n) is 6.93. The summed E-state index contributed by atoms with van der Waals surface area (Å²) < 4.78 is 5.50. The van der Waals surface area contributed by atoms with Gasteiger partial charge in [-0.2, -0.15) is 0 Å². The summed E-state index contributed by atoms with van der Waals surface area (Å²) in [5.41, 5.74) is 2.24. The van der Waals surface area contributed by atoms with Crippen molar-refractivity contribution < 1.29 is 9.53 Å². The smallest absolute Gasteiger partial charge is 0.333 e. The van der Waals surface area contributed by atoms with Crippen molar-refractivity contribution in [3.63, 3.8) is 0 Å². The maximum Gasteiger partial charge on any atom is 0.333 e. The number of para-hydroxylation sites is 2. The van der Waals surface area contributed by atoms with Gasteiger partial charge < -0.3 is 9.72 Å². The van der Waals surface area contributed by atoms with E-state index in [4.69, 9.17) is 4.74 Å². The maximum absolute atomic E-state index is 11.7. The molecule has 0 fully saturated rings. The fraction of sp³-hybridized carbons (Fsp3) is 0.375. The van der Waals surface area contributed by atoms with E-state index >= 15 is 0 Å². The van der Waals surface area contributed by atoms with E-state index < -0.39 is 0 Å². The second-order valence-corrected chi connectivity index (χ2v) is 4.96. The van der Waals surface area contributed by atoms with E-state index in [2.05, 4.69) is 23.5 Å². The topological polar surface area (TPSA) is 55.0 Å². The number of unbranched alkanes of at least 4 members (excludes halogenated alkanes) is 1. The van der Waals surface area contributed by atoms with Crippen LogP contribution in [0, 0.1) is 0 Å².